The van der Waals surface area contributed by atoms with Crippen LogP contribution in [0.2, 0.25) is 0 Å². The van der Waals surface area contributed by atoms with E-state index >= 15 is 0 Å². The first kappa shape index (κ1) is 15.0. The fourth-order valence-corrected chi connectivity index (χ4v) is 2.06. The Balaban J connectivity index is 2.36. The molecule has 6 nitrogen and oxygen atoms in total. The summed E-state index contributed by atoms with van der Waals surface area (Å²) in [5.74, 6) is -2.85. The van der Waals surface area contributed by atoms with Gasteiger partial charge in [-0.05, 0) is 12.5 Å². The van der Waals surface area contributed by atoms with Crippen molar-refractivity contribution in [2.24, 2.45) is 0 Å². The fraction of sp³-hybridized carbons (Fsp3) is 0.308. The number of rotatable bonds is 6. The van der Waals surface area contributed by atoms with E-state index in [4.69, 9.17) is 5.11 Å². The number of hydrogen-bond acceptors (Lipinski definition) is 4. The summed E-state index contributed by atoms with van der Waals surface area (Å²) >= 11 is 0. The number of carbonyl (C=O) groups is 1. The van der Waals surface area contributed by atoms with Crippen LogP contribution >= 0.6 is 0 Å². The minimum Gasteiger partial charge on any atom is -0.481 e. The normalized spacial score (nSPS) is 13.9. The quantitative estimate of drug-likeness (QED) is 0.839. The van der Waals surface area contributed by atoms with Crippen molar-refractivity contribution in [3.8, 4) is 0 Å². The van der Waals surface area contributed by atoms with Crippen LogP contribution in [-0.2, 0) is 16.9 Å². The van der Waals surface area contributed by atoms with Crippen molar-refractivity contribution in [3.05, 3.63) is 48.1 Å². The van der Waals surface area contributed by atoms with Gasteiger partial charge in [-0.3, -0.25) is 4.79 Å². The highest BCUT2D eigenvalue weighted by atomic mass is 19.1. The summed E-state index contributed by atoms with van der Waals surface area (Å²) in [4.78, 5) is 14.4. The molecule has 0 aliphatic carbocycles. The molecule has 8 heteroatoms. The van der Waals surface area contributed by atoms with E-state index in [1.807, 2.05) is 0 Å². The van der Waals surface area contributed by atoms with Crippen LogP contribution in [-0.4, -0.2) is 30.9 Å². The molecule has 0 aliphatic heterocycles. The molecule has 21 heavy (non-hydrogen) atoms. The molecule has 1 aromatic carbocycles. The minimum atomic E-state index is -1.83. The Morgan fingerprint density at radius 2 is 2.14 bits per heavy atom. The van der Waals surface area contributed by atoms with Gasteiger partial charge in [-0.15, -0.1) is 0 Å². The zero-order valence-corrected chi connectivity index (χ0v) is 10.9. The molecule has 1 unspecified atom stereocenters. The molecule has 112 valence electrons. The van der Waals surface area contributed by atoms with Crippen molar-refractivity contribution in [2.75, 3.05) is 0 Å². The smallest absolute Gasteiger partial charge is 0.303 e. The second kappa shape index (κ2) is 5.96. The maximum atomic E-state index is 13.9. The molecule has 0 spiro atoms. The highest BCUT2D eigenvalue weighted by Gasteiger charge is 2.33. The molecule has 0 bridgehead atoms. The Morgan fingerprint density at radius 3 is 2.71 bits per heavy atom. The Hall–Kier alpha value is -2.35. The minimum absolute atomic E-state index is 0.180. The van der Waals surface area contributed by atoms with Gasteiger partial charge >= 0.3 is 5.97 Å². The highest BCUT2D eigenvalue weighted by molar-refractivity contribution is 5.66. The summed E-state index contributed by atoms with van der Waals surface area (Å²) in [6.45, 7) is -0.192. The third kappa shape index (κ3) is 3.60. The molecule has 0 amide bonds. The number of aliphatic hydroxyl groups is 1. The van der Waals surface area contributed by atoms with Gasteiger partial charge < -0.3 is 10.2 Å². The molecule has 0 saturated heterocycles. The molecule has 2 rings (SSSR count). The molecule has 0 aliphatic rings. The topological polar surface area (TPSA) is 88.2 Å². The molecular weight excluding hydrogens is 284 g/mol. The van der Waals surface area contributed by atoms with E-state index in [1.54, 1.807) is 0 Å². The average molecular weight is 297 g/mol. The Kier molecular flexibility index (Phi) is 4.27. The van der Waals surface area contributed by atoms with Crippen LogP contribution in [0.5, 0.6) is 0 Å². The molecule has 0 fully saturated rings. The van der Waals surface area contributed by atoms with E-state index < -0.39 is 23.2 Å². The summed E-state index contributed by atoms with van der Waals surface area (Å²) < 4.78 is 28.1. The Bertz CT molecular complexity index is 634. The van der Waals surface area contributed by atoms with Crippen LogP contribution in [0.4, 0.5) is 8.78 Å². The third-order valence-corrected chi connectivity index (χ3v) is 3.08. The van der Waals surface area contributed by atoms with Gasteiger partial charge in [0.15, 0.2) is 0 Å². The van der Waals surface area contributed by atoms with Crippen LogP contribution in [0.3, 0.4) is 0 Å². The lowest BCUT2D eigenvalue weighted by molar-refractivity contribution is -0.138. The van der Waals surface area contributed by atoms with Gasteiger partial charge in [0.05, 0.1) is 6.54 Å². The van der Waals surface area contributed by atoms with Gasteiger partial charge in [-0.1, -0.05) is 6.07 Å². The number of aliphatic carboxylic acids is 1. The van der Waals surface area contributed by atoms with Crippen LogP contribution < -0.4 is 0 Å². The molecule has 1 aromatic heterocycles. The van der Waals surface area contributed by atoms with E-state index in [1.165, 1.54) is 17.3 Å². The number of carboxylic acid groups (broad SMARTS) is 1. The third-order valence-electron chi connectivity index (χ3n) is 3.08. The van der Waals surface area contributed by atoms with Gasteiger partial charge in [0, 0.05) is 18.1 Å². The molecular formula is C13H13F2N3O3. The standard InChI is InChI=1S/C13H13F2N3O3/c14-9-1-2-10(11(15)5-9)13(21,4-3-12(19)20)6-18-8-16-7-17-18/h1-2,5,7-8,21H,3-4,6H2,(H,19,20). The Morgan fingerprint density at radius 1 is 1.38 bits per heavy atom. The number of halogens is 2. The summed E-state index contributed by atoms with van der Waals surface area (Å²) in [6, 6.07) is 2.75. The first-order chi connectivity index (χ1) is 9.90. The zero-order valence-electron chi connectivity index (χ0n) is 10.9. The second-order valence-corrected chi connectivity index (χ2v) is 4.64. The average Bonchev–Trinajstić information content (AvgIpc) is 2.89. The number of aromatic nitrogens is 3. The summed E-state index contributed by atoms with van der Waals surface area (Å²) in [5.41, 5.74) is -2.01. The lowest BCUT2D eigenvalue weighted by Gasteiger charge is -2.28. The van der Waals surface area contributed by atoms with Crippen molar-refractivity contribution in [1.82, 2.24) is 14.8 Å². The van der Waals surface area contributed by atoms with Gasteiger partial charge in [0.2, 0.25) is 0 Å². The largest absolute Gasteiger partial charge is 0.481 e. The second-order valence-electron chi connectivity index (χ2n) is 4.64. The predicted molar refractivity (Wildman–Crippen MR) is 67.1 cm³/mol. The van der Waals surface area contributed by atoms with E-state index in [0.29, 0.717) is 6.07 Å². The number of carboxylic acids is 1. The molecule has 0 saturated carbocycles. The summed E-state index contributed by atoms with van der Waals surface area (Å²) in [5, 5.41) is 23.2. The molecule has 2 aromatic rings. The van der Waals surface area contributed by atoms with Gasteiger partial charge in [-0.2, -0.15) is 5.10 Å². The van der Waals surface area contributed by atoms with Gasteiger partial charge in [-0.25, -0.2) is 18.4 Å². The molecule has 1 heterocycles. The first-order valence-electron chi connectivity index (χ1n) is 6.13. The lowest BCUT2D eigenvalue weighted by atomic mass is 9.88. The van der Waals surface area contributed by atoms with E-state index in [0.717, 1.165) is 12.1 Å². The SMILES string of the molecule is O=C(O)CCC(O)(Cn1cncn1)c1ccc(F)cc1F. The van der Waals surface area contributed by atoms with Crippen molar-refractivity contribution < 1.29 is 23.8 Å². The van der Waals surface area contributed by atoms with Crippen LogP contribution in [0, 0.1) is 11.6 Å². The van der Waals surface area contributed by atoms with Crippen LogP contribution in [0.15, 0.2) is 30.9 Å². The van der Waals surface area contributed by atoms with Gasteiger partial charge in [0.25, 0.3) is 0 Å². The summed E-state index contributed by atoms with van der Waals surface area (Å²) in [7, 11) is 0. The molecule has 2 N–H and O–H groups in total. The monoisotopic (exact) mass is 297 g/mol. The van der Waals surface area contributed by atoms with E-state index in [-0.39, 0.29) is 24.9 Å². The highest BCUT2D eigenvalue weighted by Crippen LogP contribution is 2.30. The predicted octanol–water partition coefficient (Wildman–Crippen LogP) is 1.31. The van der Waals surface area contributed by atoms with Crippen molar-refractivity contribution >= 4 is 5.97 Å². The molecule has 0 radical (unpaired) electrons. The maximum absolute atomic E-state index is 13.9. The van der Waals surface area contributed by atoms with Crippen LogP contribution in [0.1, 0.15) is 18.4 Å². The van der Waals surface area contributed by atoms with Gasteiger partial charge in [0.1, 0.15) is 29.9 Å². The van der Waals surface area contributed by atoms with E-state index in [9.17, 15) is 18.7 Å². The van der Waals surface area contributed by atoms with Crippen molar-refractivity contribution in [2.45, 2.75) is 25.0 Å². The van der Waals surface area contributed by atoms with Crippen molar-refractivity contribution in [1.29, 1.82) is 0 Å². The van der Waals surface area contributed by atoms with Crippen molar-refractivity contribution in [3.63, 3.8) is 0 Å². The van der Waals surface area contributed by atoms with Crippen LogP contribution in [0.25, 0.3) is 0 Å². The number of benzene rings is 1. The summed E-state index contributed by atoms with van der Waals surface area (Å²) in [6.07, 6.45) is 1.93. The van der Waals surface area contributed by atoms with E-state index in [2.05, 4.69) is 10.1 Å². The number of hydrogen-bond donors (Lipinski definition) is 2. The first-order valence-corrected chi connectivity index (χ1v) is 6.13. The zero-order chi connectivity index (χ0) is 15.5. The molecule has 1 atom stereocenters. The lowest BCUT2D eigenvalue weighted by Crippen LogP contribution is -2.33. The fourth-order valence-electron chi connectivity index (χ4n) is 2.06. The maximum Gasteiger partial charge on any atom is 0.303 e. The number of nitrogens with zero attached hydrogens (tertiary/aromatic N) is 3. The Labute approximate surface area is 118 Å².